The van der Waals surface area contributed by atoms with Crippen LogP contribution in [-0.2, 0) is 24.3 Å². The fourth-order valence-corrected chi connectivity index (χ4v) is 4.09. The number of para-hydroxylation sites is 1. The van der Waals surface area contributed by atoms with E-state index in [0.29, 0.717) is 29.2 Å². The van der Waals surface area contributed by atoms with Crippen LogP contribution in [0.25, 0.3) is 21.9 Å². The second-order valence-electron chi connectivity index (χ2n) is 8.23. The Balaban J connectivity index is 1.57. The number of carbonyl (C=O) groups is 1. The second-order valence-corrected chi connectivity index (χ2v) is 8.23. The fraction of sp³-hybridized carbons (Fsp3) is 0.240. The summed E-state index contributed by atoms with van der Waals surface area (Å²) in [5.41, 5.74) is 4.25. The molecule has 5 aromatic rings. The summed E-state index contributed by atoms with van der Waals surface area (Å²) in [5, 5.41) is 7.68. The van der Waals surface area contributed by atoms with Gasteiger partial charge >= 0.3 is 0 Å². The first-order valence-corrected chi connectivity index (χ1v) is 11.1. The number of hydrogen-bond donors (Lipinski definition) is 1. The zero-order valence-corrected chi connectivity index (χ0v) is 19.2. The number of aromatic nitrogens is 5. The highest BCUT2D eigenvalue weighted by Gasteiger charge is 2.19. The van der Waals surface area contributed by atoms with Gasteiger partial charge in [-0.3, -0.25) is 14.2 Å². The number of nitrogens with zero attached hydrogens (tertiary/aromatic N) is 5. The molecule has 0 aliphatic carbocycles. The molecule has 9 nitrogen and oxygen atoms in total. The first-order chi connectivity index (χ1) is 16.5. The van der Waals surface area contributed by atoms with E-state index in [9.17, 15) is 9.59 Å². The molecule has 0 spiro atoms. The summed E-state index contributed by atoms with van der Waals surface area (Å²) in [6.45, 7) is 5.97. The van der Waals surface area contributed by atoms with Gasteiger partial charge in [-0.2, -0.15) is 4.98 Å². The Hall–Kier alpha value is -4.27. The average molecular weight is 457 g/mol. The first kappa shape index (κ1) is 21.6. The van der Waals surface area contributed by atoms with Crippen LogP contribution in [0, 0.1) is 13.8 Å². The number of aryl methyl sites for hydroxylation is 2. The Labute approximate surface area is 195 Å². The van der Waals surface area contributed by atoms with Crippen LogP contribution in [0.2, 0.25) is 0 Å². The molecular formula is C25H24N6O3. The quantitative estimate of drug-likeness (QED) is 0.418. The molecule has 2 aromatic carbocycles. The van der Waals surface area contributed by atoms with E-state index in [1.165, 1.54) is 10.9 Å². The molecule has 0 fully saturated rings. The van der Waals surface area contributed by atoms with Crippen molar-refractivity contribution in [2.45, 2.75) is 40.3 Å². The Morgan fingerprint density at radius 2 is 1.94 bits per heavy atom. The maximum absolute atomic E-state index is 13.5. The minimum atomic E-state index is -0.281. The lowest BCUT2D eigenvalue weighted by Crippen LogP contribution is -2.25. The van der Waals surface area contributed by atoms with Gasteiger partial charge in [0.2, 0.25) is 11.8 Å². The van der Waals surface area contributed by atoms with E-state index in [-0.39, 0.29) is 24.6 Å². The van der Waals surface area contributed by atoms with Crippen molar-refractivity contribution >= 4 is 33.5 Å². The summed E-state index contributed by atoms with van der Waals surface area (Å²) in [5.74, 6) is 0.681. The van der Waals surface area contributed by atoms with Gasteiger partial charge in [-0.25, -0.2) is 4.98 Å². The minimum Gasteiger partial charge on any atom is -0.337 e. The molecule has 9 heteroatoms. The fourth-order valence-electron chi connectivity index (χ4n) is 4.09. The molecule has 0 atom stereocenters. The molecule has 0 saturated heterocycles. The van der Waals surface area contributed by atoms with Crippen LogP contribution < -0.4 is 10.9 Å². The Morgan fingerprint density at radius 3 is 2.74 bits per heavy atom. The lowest BCUT2D eigenvalue weighted by molar-refractivity contribution is -0.116. The van der Waals surface area contributed by atoms with E-state index in [0.717, 1.165) is 27.7 Å². The highest BCUT2D eigenvalue weighted by atomic mass is 16.5. The topological polar surface area (TPSA) is 108 Å². The van der Waals surface area contributed by atoms with Crippen LogP contribution in [0.4, 0.5) is 5.69 Å². The molecule has 3 heterocycles. The van der Waals surface area contributed by atoms with Crippen molar-refractivity contribution in [2.75, 3.05) is 5.32 Å². The molecule has 1 N–H and O–H groups in total. The molecule has 5 rings (SSSR count). The number of rotatable bonds is 6. The van der Waals surface area contributed by atoms with Crippen LogP contribution in [0.5, 0.6) is 0 Å². The first-order valence-electron chi connectivity index (χ1n) is 11.1. The summed E-state index contributed by atoms with van der Waals surface area (Å²) in [4.78, 5) is 35.4. The zero-order valence-electron chi connectivity index (χ0n) is 19.2. The van der Waals surface area contributed by atoms with E-state index < -0.39 is 0 Å². The lowest BCUT2D eigenvalue weighted by Gasteiger charge is -2.12. The number of benzene rings is 2. The van der Waals surface area contributed by atoms with Gasteiger partial charge in [0.1, 0.15) is 24.1 Å². The third-order valence-electron chi connectivity index (χ3n) is 6.05. The summed E-state index contributed by atoms with van der Waals surface area (Å²) in [7, 11) is 0. The zero-order chi connectivity index (χ0) is 23.8. The summed E-state index contributed by atoms with van der Waals surface area (Å²) in [6, 6.07) is 13.3. The summed E-state index contributed by atoms with van der Waals surface area (Å²) >= 11 is 0. The number of fused-ring (bicyclic) bond motifs is 3. The van der Waals surface area contributed by atoms with E-state index in [1.807, 2.05) is 63.2 Å². The van der Waals surface area contributed by atoms with Crippen molar-refractivity contribution in [3.05, 3.63) is 82.0 Å². The highest BCUT2D eigenvalue weighted by Crippen LogP contribution is 2.25. The van der Waals surface area contributed by atoms with Crippen molar-refractivity contribution in [1.29, 1.82) is 0 Å². The monoisotopic (exact) mass is 456 g/mol. The van der Waals surface area contributed by atoms with Gasteiger partial charge in [0, 0.05) is 17.5 Å². The van der Waals surface area contributed by atoms with Crippen LogP contribution in [0.3, 0.4) is 0 Å². The van der Waals surface area contributed by atoms with Gasteiger partial charge in [0.05, 0.1) is 11.8 Å². The molecule has 0 unspecified atom stereocenters. The van der Waals surface area contributed by atoms with Crippen molar-refractivity contribution in [1.82, 2.24) is 24.3 Å². The van der Waals surface area contributed by atoms with Crippen LogP contribution in [0.15, 0.2) is 58.1 Å². The van der Waals surface area contributed by atoms with Crippen molar-refractivity contribution in [3.8, 4) is 0 Å². The molecule has 0 radical (unpaired) electrons. The molecule has 0 aliphatic heterocycles. The van der Waals surface area contributed by atoms with Crippen molar-refractivity contribution < 1.29 is 9.32 Å². The highest BCUT2D eigenvalue weighted by molar-refractivity contribution is 6.06. The van der Waals surface area contributed by atoms with Gasteiger partial charge < -0.3 is 14.4 Å². The lowest BCUT2D eigenvalue weighted by atomic mass is 10.1. The number of hydrogen-bond acceptors (Lipinski definition) is 6. The van der Waals surface area contributed by atoms with E-state index in [2.05, 4.69) is 20.4 Å². The number of nitrogens with one attached hydrogen (secondary N) is 1. The normalized spacial score (nSPS) is 11.4. The van der Waals surface area contributed by atoms with Gasteiger partial charge in [-0.15, -0.1) is 0 Å². The predicted octanol–water partition coefficient (Wildman–Crippen LogP) is 3.60. The Morgan fingerprint density at radius 1 is 1.12 bits per heavy atom. The van der Waals surface area contributed by atoms with Gasteiger partial charge in [0.25, 0.3) is 5.56 Å². The second kappa shape index (κ2) is 8.58. The third kappa shape index (κ3) is 3.75. The molecule has 0 saturated carbocycles. The molecule has 0 bridgehead atoms. The van der Waals surface area contributed by atoms with E-state index in [1.54, 1.807) is 4.57 Å². The largest absolute Gasteiger partial charge is 0.337 e. The minimum absolute atomic E-state index is 0.0289. The maximum atomic E-state index is 13.5. The molecule has 0 aliphatic rings. The number of anilines is 1. The average Bonchev–Trinajstić information content (AvgIpc) is 3.42. The van der Waals surface area contributed by atoms with Crippen LogP contribution in [0.1, 0.15) is 29.8 Å². The van der Waals surface area contributed by atoms with Crippen molar-refractivity contribution in [3.63, 3.8) is 0 Å². The Kier molecular flexibility index (Phi) is 5.45. The Bertz CT molecular complexity index is 1590. The van der Waals surface area contributed by atoms with Crippen LogP contribution >= 0.6 is 0 Å². The van der Waals surface area contributed by atoms with Crippen LogP contribution in [-0.4, -0.2) is 30.2 Å². The van der Waals surface area contributed by atoms with E-state index >= 15 is 0 Å². The summed E-state index contributed by atoms with van der Waals surface area (Å²) < 4.78 is 8.40. The number of carbonyl (C=O) groups excluding carboxylic acids is 1. The van der Waals surface area contributed by atoms with Gasteiger partial charge in [-0.05, 0) is 37.1 Å². The standard InChI is InChI=1S/C25H24N6O3/c1-4-20-28-22(34-29-20)13-30-14-26-23-17-9-5-6-11-19(17)31(24(23)25(30)33)12-21(32)27-18-10-7-8-15(2)16(18)3/h5-11,14H,4,12-13H2,1-3H3,(H,27,32). The smallest absolute Gasteiger partial charge is 0.278 e. The molecule has 3 aromatic heterocycles. The molecule has 1 amide bonds. The van der Waals surface area contributed by atoms with Crippen molar-refractivity contribution in [2.24, 2.45) is 0 Å². The summed E-state index contributed by atoms with van der Waals surface area (Å²) in [6.07, 6.45) is 2.12. The van der Waals surface area contributed by atoms with Gasteiger partial charge in [-0.1, -0.05) is 42.4 Å². The van der Waals surface area contributed by atoms with Gasteiger partial charge in [0.15, 0.2) is 5.82 Å². The predicted molar refractivity (Wildman–Crippen MR) is 129 cm³/mol. The third-order valence-corrected chi connectivity index (χ3v) is 6.05. The number of amides is 1. The SMILES string of the molecule is CCc1noc(Cn2cnc3c4ccccc4n(CC(=O)Nc4cccc(C)c4C)c3c2=O)n1. The molecular weight excluding hydrogens is 432 g/mol. The molecule has 34 heavy (non-hydrogen) atoms. The molecule has 172 valence electrons. The van der Waals surface area contributed by atoms with E-state index in [4.69, 9.17) is 4.52 Å². The maximum Gasteiger partial charge on any atom is 0.278 e.